The Morgan fingerprint density at radius 1 is 1.22 bits per heavy atom. The fourth-order valence-electron chi connectivity index (χ4n) is 4.11. The summed E-state index contributed by atoms with van der Waals surface area (Å²) in [4.78, 5) is 10.8. The Hall–Kier alpha value is -2.53. The van der Waals surface area contributed by atoms with Gasteiger partial charge in [-0.05, 0) is 56.0 Å². The quantitative estimate of drug-likeness (QED) is 0.407. The average molecular weight is 385 g/mol. The third-order valence-electron chi connectivity index (χ3n) is 5.23. The molecular formula is C21H21ClN2O3. The lowest BCUT2D eigenvalue weighted by atomic mass is 9.77. The number of fused-ring (bicyclic) bond motifs is 3. The van der Waals surface area contributed by atoms with Crippen molar-refractivity contribution in [2.24, 2.45) is 5.92 Å². The van der Waals surface area contributed by atoms with Crippen molar-refractivity contribution < 1.29 is 9.66 Å². The van der Waals surface area contributed by atoms with Crippen LogP contribution < -0.4 is 10.1 Å². The molecule has 1 heterocycles. The van der Waals surface area contributed by atoms with E-state index in [1.54, 1.807) is 12.1 Å². The van der Waals surface area contributed by atoms with Crippen molar-refractivity contribution in [3.63, 3.8) is 0 Å². The molecule has 27 heavy (non-hydrogen) atoms. The number of rotatable bonds is 4. The fraction of sp³-hybridized carbons (Fsp3) is 0.333. The number of non-ortho nitro benzene ring substituents is 1. The van der Waals surface area contributed by atoms with Crippen molar-refractivity contribution in [3.05, 3.63) is 74.8 Å². The lowest BCUT2D eigenvalue weighted by Gasteiger charge is -2.38. The summed E-state index contributed by atoms with van der Waals surface area (Å²) in [6, 6.07) is 10.6. The summed E-state index contributed by atoms with van der Waals surface area (Å²) in [6.45, 7) is 4.02. The molecule has 6 heteroatoms. The van der Waals surface area contributed by atoms with E-state index in [2.05, 4.69) is 23.5 Å². The Labute approximate surface area is 163 Å². The van der Waals surface area contributed by atoms with Gasteiger partial charge in [-0.3, -0.25) is 10.1 Å². The molecule has 5 nitrogen and oxygen atoms in total. The zero-order valence-corrected chi connectivity index (χ0v) is 15.9. The number of allylic oxidation sites excluding steroid dienone is 2. The number of anilines is 1. The molecule has 0 saturated carbocycles. The van der Waals surface area contributed by atoms with Crippen LogP contribution in [0.4, 0.5) is 11.4 Å². The van der Waals surface area contributed by atoms with Crippen LogP contribution >= 0.6 is 11.6 Å². The Morgan fingerprint density at radius 2 is 2.04 bits per heavy atom. The zero-order chi connectivity index (χ0) is 19.1. The van der Waals surface area contributed by atoms with Crippen LogP contribution in [0.3, 0.4) is 0 Å². The Kier molecular flexibility index (Phi) is 4.56. The average Bonchev–Trinajstić information content (AvgIpc) is 3.11. The second-order valence-corrected chi connectivity index (χ2v) is 7.76. The van der Waals surface area contributed by atoms with E-state index >= 15 is 0 Å². The number of halogens is 1. The van der Waals surface area contributed by atoms with Crippen LogP contribution in [0, 0.1) is 16.0 Å². The predicted octanol–water partition coefficient (Wildman–Crippen LogP) is 5.86. The minimum absolute atomic E-state index is 0.0604. The maximum absolute atomic E-state index is 11.2. The molecule has 2 aliphatic rings. The highest BCUT2D eigenvalue weighted by Gasteiger charge is 2.39. The number of benzene rings is 2. The molecule has 1 aliphatic carbocycles. The highest BCUT2D eigenvalue weighted by molar-refractivity contribution is 6.31. The van der Waals surface area contributed by atoms with E-state index in [1.165, 1.54) is 11.6 Å². The molecule has 0 fully saturated rings. The van der Waals surface area contributed by atoms with Crippen molar-refractivity contribution in [2.45, 2.75) is 38.3 Å². The van der Waals surface area contributed by atoms with E-state index in [4.69, 9.17) is 16.3 Å². The second-order valence-electron chi connectivity index (χ2n) is 7.35. The van der Waals surface area contributed by atoms with Crippen LogP contribution in [0.15, 0.2) is 48.6 Å². The SMILES string of the molecule is CC(C)Oc1ccc2c(c1)C1C=CCC1C(c1cc([N+](=O)[O-])ccc1Cl)N2. The number of ether oxygens (including phenoxy) is 1. The monoisotopic (exact) mass is 384 g/mol. The summed E-state index contributed by atoms with van der Waals surface area (Å²) in [5, 5.41) is 15.3. The Balaban J connectivity index is 1.75. The number of nitro groups is 1. The summed E-state index contributed by atoms with van der Waals surface area (Å²) in [6.07, 6.45) is 5.42. The van der Waals surface area contributed by atoms with Crippen LogP contribution in [-0.4, -0.2) is 11.0 Å². The first kappa shape index (κ1) is 17.9. The maximum Gasteiger partial charge on any atom is 0.269 e. The van der Waals surface area contributed by atoms with Gasteiger partial charge in [-0.2, -0.15) is 0 Å². The van der Waals surface area contributed by atoms with Gasteiger partial charge < -0.3 is 10.1 Å². The lowest BCUT2D eigenvalue weighted by Crippen LogP contribution is -2.29. The van der Waals surface area contributed by atoms with Gasteiger partial charge in [0.05, 0.1) is 17.1 Å². The van der Waals surface area contributed by atoms with Crippen molar-refractivity contribution >= 4 is 23.0 Å². The van der Waals surface area contributed by atoms with E-state index in [0.29, 0.717) is 5.02 Å². The zero-order valence-electron chi connectivity index (χ0n) is 15.2. The molecule has 4 rings (SSSR count). The van der Waals surface area contributed by atoms with E-state index in [-0.39, 0.29) is 34.6 Å². The Morgan fingerprint density at radius 3 is 2.78 bits per heavy atom. The molecule has 0 radical (unpaired) electrons. The van der Waals surface area contributed by atoms with E-state index in [9.17, 15) is 10.1 Å². The maximum atomic E-state index is 11.2. The van der Waals surface area contributed by atoms with Crippen molar-refractivity contribution in [2.75, 3.05) is 5.32 Å². The normalized spacial score (nSPS) is 22.9. The topological polar surface area (TPSA) is 64.4 Å². The summed E-state index contributed by atoms with van der Waals surface area (Å²) in [5.74, 6) is 1.35. The van der Waals surface area contributed by atoms with E-state index in [0.717, 1.165) is 23.4 Å². The first-order valence-corrected chi connectivity index (χ1v) is 9.49. The van der Waals surface area contributed by atoms with E-state index < -0.39 is 0 Å². The van der Waals surface area contributed by atoms with Gasteiger partial charge in [-0.15, -0.1) is 0 Å². The van der Waals surface area contributed by atoms with Gasteiger partial charge in [-0.1, -0.05) is 23.8 Å². The van der Waals surface area contributed by atoms with Gasteiger partial charge in [0.25, 0.3) is 5.69 Å². The van der Waals surface area contributed by atoms with Crippen molar-refractivity contribution in [1.29, 1.82) is 0 Å². The highest BCUT2D eigenvalue weighted by Crippen LogP contribution is 2.51. The molecule has 0 aromatic heterocycles. The minimum Gasteiger partial charge on any atom is -0.491 e. The highest BCUT2D eigenvalue weighted by atomic mass is 35.5. The molecule has 0 saturated heterocycles. The van der Waals surface area contributed by atoms with Crippen LogP contribution in [0.2, 0.25) is 5.02 Å². The molecule has 2 aromatic carbocycles. The first-order valence-electron chi connectivity index (χ1n) is 9.11. The number of nitrogens with zero attached hydrogens (tertiary/aromatic N) is 1. The summed E-state index contributed by atoms with van der Waals surface area (Å²) in [5.41, 5.74) is 3.05. The van der Waals surface area contributed by atoms with Gasteiger partial charge >= 0.3 is 0 Å². The number of nitrogens with one attached hydrogen (secondary N) is 1. The molecule has 3 atom stereocenters. The molecule has 2 aromatic rings. The van der Waals surface area contributed by atoms with Crippen LogP contribution in [0.1, 0.15) is 43.4 Å². The molecule has 0 spiro atoms. The molecule has 0 amide bonds. The summed E-state index contributed by atoms with van der Waals surface area (Å²) >= 11 is 6.43. The lowest BCUT2D eigenvalue weighted by molar-refractivity contribution is -0.384. The Bertz CT molecular complexity index is 926. The van der Waals surface area contributed by atoms with Crippen LogP contribution in [0.25, 0.3) is 0 Å². The third-order valence-corrected chi connectivity index (χ3v) is 5.58. The van der Waals surface area contributed by atoms with Gasteiger partial charge in [0, 0.05) is 34.3 Å². The number of hydrogen-bond acceptors (Lipinski definition) is 4. The summed E-state index contributed by atoms with van der Waals surface area (Å²) < 4.78 is 5.85. The van der Waals surface area contributed by atoms with Crippen LogP contribution in [0.5, 0.6) is 5.75 Å². The number of nitro benzene ring substituents is 1. The smallest absolute Gasteiger partial charge is 0.269 e. The molecular weight excluding hydrogens is 364 g/mol. The van der Waals surface area contributed by atoms with Crippen molar-refractivity contribution in [3.8, 4) is 5.75 Å². The largest absolute Gasteiger partial charge is 0.491 e. The molecule has 1 N–H and O–H groups in total. The fourth-order valence-corrected chi connectivity index (χ4v) is 4.34. The molecule has 1 aliphatic heterocycles. The predicted molar refractivity (Wildman–Crippen MR) is 107 cm³/mol. The third kappa shape index (κ3) is 3.28. The summed E-state index contributed by atoms with van der Waals surface area (Å²) in [7, 11) is 0. The van der Waals surface area contributed by atoms with Gasteiger partial charge in [-0.25, -0.2) is 0 Å². The molecule has 0 bridgehead atoms. The molecule has 140 valence electrons. The second kappa shape index (κ2) is 6.89. The molecule has 3 unspecified atom stereocenters. The van der Waals surface area contributed by atoms with Gasteiger partial charge in [0.2, 0.25) is 0 Å². The van der Waals surface area contributed by atoms with Crippen molar-refractivity contribution in [1.82, 2.24) is 0 Å². The van der Waals surface area contributed by atoms with Gasteiger partial charge in [0.1, 0.15) is 5.75 Å². The van der Waals surface area contributed by atoms with Crippen LogP contribution in [-0.2, 0) is 0 Å². The minimum atomic E-state index is -0.378. The number of hydrogen-bond donors (Lipinski definition) is 1. The van der Waals surface area contributed by atoms with Gasteiger partial charge in [0.15, 0.2) is 0 Å². The first-order chi connectivity index (χ1) is 12.9. The van der Waals surface area contributed by atoms with E-state index in [1.807, 2.05) is 26.0 Å². The standard InChI is InChI=1S/C21H21ClN2O3/c1-12(2)27-14-7-9-20-17(11-14)15-4-3-5-16(15)21(23-20)18-10-13(24(25)26)6-8-19(18)22/h3-4,6-12,15-16,21,23H,5H2,1-2H3.